The van der Waals surface area contributed by atoms with Crippen molar-refractivity contribution in [2.24, 2.45) is 5.92 Å². The van der Waals surface area contributed by atoms with E-state index in [4.69, 9.17) is 0 Å². The van der Waals surface area contributed by atoms with Gasteiger partial charge in [-0.15, -0.1) is 5.10 Å². The zero-order valence-corrected chi connectivity index (χ0v) is 13.2. The predicted molar refractivity (Wildman–Crippen MR) is 80.7 cm³/mol. The molecule has 2 N–H and O–H groups in total. The smallest absolute Gasteiger partial charge is 0.358 e. The maximum absolute atomic E-state index is 12.0. The summed E-state index contributed by atoms with van der Waals surface area (Å²) in [5.41, 5.74) is 0.593. The minimum atomic E-state index is -1.07. The molecule has 0 unspecified atom stereocenters. The number of aromatic carboxylic acids is 1. The molecule has 1 amide bonds. The van der Waals surface area contributed by atoms with E-state index in [1.54, 1.807) is 0 Å². The summed E-state index contributed by atoms with van der Waals surface area (Å²) in [6, 6.07) is 0. The van der Waals surface area contributed by atoms with E-state index in [1.807, 2.05) is 13.8 Å². The quantitative estimate of drug-likeness (QED) is 0.835. The lowest BCUT2D eigenvalue weighted by atomic mass is 9.86. The van der Waals surface area contributed by atoms with Crippen LogP contribution in [-0.2, 0) is 11.3 Å². The number of nitrogens with one attached hydrogen (secondary N) is 1. The van der Waals surface area contributed by atoms with Crippen LogP contribution in [0.3, 0.4) is 0 Å². The lowest BCUT2D eigenvalue weighted by Crippen LogP contribution is -2.32. The molecule has 1 aromatic heterocycles. The van der Waals surface area contributed by atoms with Gasteiger partial charge in [0.15, 0.2) is 5.69 Å². The number of carbonyl (C=O) groups is 2. The second-order valence-corrected chi connectivity index (χ2v) is 6.32. The summed E-state index contributed by atoms with van der Waals surface area (Å²) in [6.45, 7) is 4.66. The Hall–Kier alpha value is -1.92. The highest BCUT2D eigenvalue weighted by atomic mass is 16.4. The molecule has 1 fully saturated rings. The van der Waals surface area contributed by atoms with Gasteiger partial charge in [-0.1, -0.05) is 38.3 Å². The predicted octanol–water partition coefficient (Wildman–Crippen LogP) is 1.80. The third-order valence-corrected chi connectivity index (χ3v) is 3.97. The number of carboxylic acids is 1. The van der Waals surface area contributed by atoms with Gasteiger partial charge in [0, 0.05) is 12.5 Å². The Morgan fingerprint density at radius 1 is 1.32 bits per heavy atom. The standard InChI is InChI=1S/C15H24N4O3/c1-10(2)8-16-12(20)9-19-14(11-6-4-3-5-7-11)13(15(21)22)17-18-19/h10-11H,3-9H2,1-2H3,(H,16,20)(H,21,22). The van der Waals surface area contributed by atoms with E-state index in [0.29, 0.717) is 18.2 Å². The SMILES string of the molecule is CC(C)CNC(=O)Cn1nnc(C(=O)O)c1C1CCCCC1. The number of aromatic nitrogens is 3. The molecule has 0 radical (unpaired) electrons. The first kappa shape index (κ1) is 16.5. The second-order valence-electron chi connectivity index (χ2n) is 6.32. The molecule has 1 aromatic rings. The van der Waals surface area contributed by atoms with Crippen LogP contribution in [0.1, 0.15) is 68.1 Å². The third kappa shape index (κ3) is 4.05. The summed E-state index contributed by atoms with van der Waals surface area (Å²) < 4.78 is 1.47. The van der Waals surface area contributed by atoms with Gasteiger partial charge in [-0.25, -0.2) is 9.48 Å². The first-order chi connectivity index (χ1) is 10.5. The van der Waals surface area contributed by atoms with Crippen LogP contribution in [0, 0.1) is 5.92 Å². The largest absolute Gasteiger partial charge is 0.476 e. The lowest BCUT2D eigenvalue weighted by Gasteiger charge is -2.22. The van der Waals surface area contributed by atoms with Gasteiger partial charge in [-0.3, -0.25) is 4.79 Å². The van der Waals surface area contributed by atoms with Crippen LogP contribution in [-0.4, -0.2) is 38.5 Å². The third-order valence-electron chi connectivity index (χ3n) is 3.97. The summed E-state index contributed by atoms with van der Waals surface area (Å²) >= 11 is 0. The number of hydrogen-bond acceptors (Lipinski definition) is 4. The van der Waals surface area contributed by atoms with E-state index < -0.39 is 5.97 Å². The molecule has 1 aliphatic rings. The average molecular weight is 308 g/mol. The molecule has 7 nitrogen and oxygen atoms in total. The van der Waals surface area contributed by atoms with Crippen LogP contribution in [0.15, 0.2) is 0 Å². The van der Waals surface area contributed by atoms with E-state index in [9.17, 15) is 14.7 Å². The van der Waals surface area contributed by atoms with Gasteiger partial charge in [0.1, 0.15) is 6.54 Å². The normalized spacial score (nSPS) is 16.0. The van der Waals surface area contributed by atoms with Gasteiger partial charge in [-0.2, -0.15) is 0 Å². The molecule has 7 heteroatoms. The Morgan fingerprint density at radius 2 is 2.00 bits per heavy atom. The van der Waals surface area contributed by atoms with E-state index in [0.717, 1.165) is 25.7 Å². The zero-order valence-electron chi connectivity index (χ0n) is 13.2. The van der Waals surface area contributed by atoms with Crippen molar-refractivity contribution >= 4 is 11.9 Å². The van der Waals surface area contributed by atoms with Crippen LogP contribution in [0.4, 0.5) is 0 Å². The molecule has 0 atom stereocenters. The Kier molecular flexibility index (Phi) is 5.51. The molecular weight excluding hydrogens is 284 g/mol. The summed E-state index contributed by atoms with van der Waals surface area (Å²) in [4.78, 5) is 23.3. The molecule has 0 spiro atoms. The maximum Gasteiger partial charge on any atom is 0.358 e. The van der Waals surface area contributed by atoms with Crippen molar-refractivity contribution in [1.29, 1.82) is 0 Å². The molecule has 22 heavy (non-hydrogen) atoms. The second kappa shape index (κ2) is 7.38. The average Bonchev–Trinajstić information content (AvgIpc) is 2.90. The van der Waals surface area contributed by atoms with E-state index in [-0.39, 0.29) is 24.1 Å². The Morgan fingerprint density at radius 3 is 2.59 bits per heavy atom. The molecule has 1 heterocycles. The zero-order chi connectivity index (χ0) is 16.1. The maximum atomic E-state index is 12.0. The molecule has 0 saturated heterocycles. The number of hydrogen-bond donors (Lipinski definition) is 2. The molecule has 1 aliphatic carbocycles. The minimum absolute atomic E-state index is 0.0106. The van der Waals surface area contributed by atoms with Gasteiger partial charge < -0.3 is 10.4 Å². The molecule has 0 aliphatic heterocycles. The number of carboxylic acid groups (broad SMARTS) is 1. The Balaban J connectivity index is 2.16. The summed E-state index contributed by atoms with van der Waals surface area (Å²) in [5.74, 6) is -0.734. The van der Waals surface area contributed by atoms with E-state index >= 15 is 0 Å². The molecular formula is C15H24N4O3. The Bertz CT molecular complexity index is 533. The Labute approximate surface area is 130 Å². The molecule has 0 aromatic carbocycles. The van der Waals surface area contributed by atoms with E-state index in [2.05, 4.69) is 15.6 Å². The van der Waals surface area contributed by atoms with Gasteiger partial charge in [-0.05, 0) is 18.8 Å². The minimum Gasteiger partial charge on any atom is -0.476 e. The fourth-order valence-corrected chi connectivity index (χ4v) is 2.88. The van der Waals surface area contributed by atoms with Crippen LogP contribution in [0.2, 0.25) is 0 Å². The van der Waals surface area contributed by atoms with Gasteiger partial charge in [0.25, 0.3) is 0 Å². The van der Waals surface area contributed by atoms with Crippen LogP contribution in [0.25, 0.3) is 0 Å². The van der Waals surface area contributed by atoms with Crippen molar-refractivity contribution in [3.8, 4) is 0 Å². The summed E-state index contributed by atoms with van der Waals surface area (Å²) in [5, 5.41) is 19.8. The van der Waals surface area contributed by atoms with Crippen LogP contribution in [0.5, 0.6) is 0 Å². The number of amides is 1. The summed E-state index contributed by atoms with van der Waals surface area (Å²) in [7, 11) is 0. The van der Waals surface area contributed by atoms with Crippen molar-refractivity contribution in [1.82, 2.24) is 20.3 Å². The fraction of sp³-hybridized carbons (Fsp3) is 0.733. The number of rotatable bonds is 6. The molecule has 1 saturated carbocycles. The highest BCUT2D eigenvalue weighted by Gasteiger charge is 2.28. The highest BCUT2D eigenvalue weighted by Crippen LogP contribution is 2.33. The van der Waals surface area contributed by atoms with Gasteiger partial charge in [0.2, 0.25) is 5.91 Å². The molecule has 122 valence electrons. The molecule has 0 bridgehead atoms. The van der Waals surface area contributed by atoms with Gasteiger partial charge in [0.05, 0.1) is 5.69 Å². The first-order valence-corrected chi connectivity index (χ1v) is 7.92. The topological polar surface area (TPSA) is 97.1 Å². The summed E-state index contributed by atoms with van der Waals surface area (Å²) in [6.07, 6.45) is 5.20. The van der Waals surface area contributed by atoms with Crippen molar-refractivity contribution in [3.05, 3.63) is 11.4 Å². The lowest BCUT2D eigenvalue weighted by molar-refractivity contribution is -0.122. The van der Waals surface area contributed by atoms with Crippen molar-refractivity contribution in [2.45, 2.75) is 58.4 Å². The van der Waals surface area contributed by atoms with E-state index in [1.165, 1.54) is 11.1 Å². The fourth-order valence-electron chi connectivity index (χ4n) is 2.88. The highest BCUT2D eigenvalue weighted by molar-refractivity contribution is 5.87. The van der Waals surface area contributed by atoms with Gasteiger partial charge >= 0.3 is 5.97 Å². The van der Waals surface area contributed by atoms with Crippen molar-refractivity contribution in [2.75, 3.05) is 6.54 Å². The number of carbonyl (C=O) groups excluding carboxylic acids is 1. The van der Waals surface area contributed by atoms with Crippen LogP contribution >= 0.6 is 0 Å². The number of nitrogens with zero attached hydrogens (tertiary/aromatic N) is 3. The monoisotopic (exact) mass is 308 g/mol. The molecule has 2 rings (SSSR count). The first-order valence-electron chi connectivity index (χ1n) is 7.92. The van der Waals surface area contributed by atoms with Crippen molar-refractivity contribution < 1.29 is 14.7 Å². The van der Waals surface area contributed by atoms with Crippen molar-refractivity contribution in [3.63, 3.8) is 0 Å². The van der Waals surface area contributed by atoms with Crippen LogP contribution < -0.4 is 5.32 Å².